The minimum absolute atomic E-state index is 0.218. The zero-order valence-corrected chi connectivity index (χ0v) is 9.21. The first kappa shape index (κ1) is 11.0. The van der Waals surface area contributed by atoms with E-state index in [0.717, 1.165) is 11.8 Å². The summed E-state index contributed by atoms with van der Waals surface area (Å²) < 4.78 is 0. The van der Waals surface area contributed by atoms with Gasteiger partial charge >= 0.3 is 0 Å². The summed E-state index contributed by atoms with van der Waals surface area (Å²) in [5, 5.41) is 0. The van der Waals surface area contributed by atoms with Gasteiger partial charge in [0, 0.05) is 5.56 Å². The fraction of sp³-hybridized carbons (Fsp3) is 0.462. The van der Waals surface area contributed by atoms with Crippen LogP contribution in [0.2, 0.25) is 0 Å². The molecule has 1 aromatic rings. The second kappa shape index (κ2) is 4.41. The standard InChI is InChI=1S/C13H18O/c1-4-9-13(2,3)12-7-5-11(10-14)6-8-12/h5-8,10H,4,9H2,1-3H3. The van der Waals surface area contributed by atoms with Crippen molar-refractivity contribution >= 4 is 6.29 Å². The number of carbonyl (C=O) groups excluding carboxylic acids is 1. The minimum Gasteiger partial charge on any atom is -0.298 e. The fourth-order valence-corrected chi connectivity index (χ4v) is 1.78. The van der Waals surface area contributed by atoms with E-state index in [1.165, 1.54) is 18.4 Å². The summed E-state index contributed by atoms with van der Waals surface area (Å²) in [6.45, 7) is 6.68. The van der Waals surface area contributed by atoms with E-state index < -0.39 is 0 Å². The topological polar surface area (TPSA) is 17.1 Å². The maximum atomic E-state index is 10.5. The third-order valence-electron chi connectivity index (χ3n) is 2.70. The molecule has 1 aromatic carbocycles. The quantitative estimate of drug-likeness (QED) is 0.663. The zero-order chi connectivity index (χ0) is 10.6. The Morgan fingerprint density at radius 3 is 2.21 bits per heavy atom. The van der Waals surface area contributed by atoms with Crippen LogP contribution >= 0.6 is 0 Å². The smallest absolute Gasteiger partial charge is 0.150 e. The second-order valence-corrected chi connectivity index (χ2v) is 4.37. The van der Waals surface area contributed by atoms with E-state index in [2.05, 4.69) is 32.9 Å². The molecule has 0 aromatic heterocycles. The first-order valence-corrected chi connectivity index (χ1v) is 5.16. The lowest BCUT2D eigenvalue weighted by molar-refractivity contribution is 0.112. The molecule has 0 saturated carbocycles. The van der Waals surface area contributed by atoms with E-state index in [9.17, 15) is 4.79 Å². The highest BCUT2D eigenvalue weighted by atomic mass is 16.1. The van der Waals surface area contributed by atoms with Gasteiger partial charge < -0.3 is 0 Å². The second-order valence-electron chi connectivity index (χ2n) is 4.37. The van der Waals surface area contributed by atoms with Crippen LogP contribution in [0.1, 0.15) is 49.5 Å². The zero-order valence-electron chi connectivity index (χ0n) is 9.21. The summed E-state index contributed by atoms with van der Waals surface area (Å²) in [5.41, 5.74) is 2.28. The summed E-state index contributed by atoms with van der Waals surface area (Å²) in [7, 11) is 0. The van der Waals surface area contributed by atoms with Crippen LogP contribution in [0, 0.1) is 0 Å². The van der Waals surface area contributed by atoms with Crippen LogP contribution in [0.3, 0.4) is 0 Å². The molecule has 1 rings (SSSR count). The van der Waals surface area contributed by atoms with Crippen molar-refractivity contribution in [1.82, 2.24) is 0 Å². The number of rotatable bonds is 4. The predicted molar refractivity (Wildman–Crippen MR) is 59.8 cm³/mol. The maximum absolute atomic E-state index is 10.5. The molecule has 0 saturated heterocycles. The van der Waals surface area contributed by atoms with Gasteiger partial charge in [0.25, 0.3) is 0 Å². The molecule has 0 atom stereocenters. The van der Waals surface area contributed by atoms with Crippen LogP contribution in [-0.4, -0.2) is 6.29 Å². The van der Waals surface area contributed by atoms with Gasteiger partial charge in [-0.1, -0.05) is 51.5 Å². The van der Waals surface area contributed by atoms with Crippen molar-refractivity contribution in [3.05, 3.63) is 35.4 Å². The lowest BCUT2D eigenvalue weighted by Crippen LogP contribution is -2.16. The molecule has 0 N–H and O–H groups in total. The molecule has 14 heavy (non-hydrogen) atoms. The average Bonchev–Trinajstić information content (AvgIpc) is 2.18. The molecule has 0 aliphatic rings. The first-order valence-electron chi connectivity index (χ1n) is 5.16. The van der Waals surface area contributed by atoms with Gasteiger partial charge in [0.05, 0.1) is 0 Å². The third kappa shape index (κ3) is 2.44. The molecule has 0 spiro atoms. The van der Waals surface area contributed by atoms with Gasteiger partial charge in [0.15, 0.2) is 0 Å². The van der Waals surface area contributed by atoms with E-state index in [1.54, 1.807) is 0 Å². The van der Waals surface area contributed by atoms with Crippen molar-refractivity contribution in [3.8, 4) is 0 Å². The number of carbonyl (C=O) groups is 1. The van der Waals surface area contributed by atoms with Crippen molar-refractivity contribution in [2.45, 2.75) is 39.0 Å². The Balaban J connectivity index is 2.90. The molecule has 0 bridgehead atoms. The number of benzene rings is 1. The van der Waals surface area contributed by atoms with Gasteiger partial charge in [-0.3, -0.25) is 4.79 Å². The van der Waals surface area contributed by atoms with Crippen molar-refractivity contribution in [2.24, 2.45) is 0 Å². The Bertz CT molecular complexity index is 296. The number of aldehydes is 1. The fourth-order valence-electron chi connectivity index (χ4n) is 1.78. The van der Waals surface area contributed by atoms with Crippen LogP contribution < -0.4 is 0 Å². The van der Waals surface area contributed by atoms with Gasteiger partial charge in [0.2, 0.25) is 0 Å². The molecule has 1 nitrogen and oxygen atoms in total. The highest BCUT2D eigenvalue weighted by Gasteiger charge is 2.18. The van der Waals surface area contributed by atoms with Gasteiger partial charge in [-0.05, 0) is 17.4 Å². The van der Waals surface area contributed by atoms with Crippen molar-refractivity contribution in [2.75, 3.05) is 0 Å². The number of hydrogen-bond acceptors (Lipinski definition) is 1. The normalized spacial score (nSPS) is 11.4. The van der Waals surface area contributed by atoms with E-state index in [4.69, 9.17) is 0 Å². The highest BCUT2D eigenvalue weighted by Crippen LogP contribution is 2.28. The lowest BCUT2D eigenvalue weighted by Gasteiger charge is -2.24. The largest absolute Gasteiger partial charge is 0.298 e. The Morgan fingerprint density at radius 1 is 1.21 bits per heavy atom. The van der Waals surface area contributed by atoms with Crippen molar-refractivity contribution in [3.63, 3.8) is 0 Å². The number of hydrogen-bond donors (Lipinski definition) is 0. The van der Waals surface area contributed by atoms with Crippen LogP contribution in [0.25, 0.3) is 0 Å². The van der Waals surface area contributed by atoms with Crippen LogP contribution in [-0.2, 0) is 5.41 Å². The van der Waals surface area contributed by atoms with E-state index >= 15 is 0 Å². The summed E-state index contributed by atoms with van der Waals surface area (Å²) in [4.78, 5) is 10.5. The summed E-state index contributed by atoms with van der Waals surface area (Å²) >= 11 is 0. The van der Waals surface area contributed by atoms with Crippen LogP contribution in [0.15, 0.2) is 24.3 Å². The maximum Gasteiger partial charge on any atom is 0.150 e. The van der Waals surface area contributed by atoms with Gasteiger partial charge in [-0.15, -0.1) is 0 Å². The van der Waals surface area contributed by atoms with Crippen molar-refractivity contribution < 1.29 is 4.79 Å². The Kier molecular flexibility index (Phi) is 3.45. The molecule has 76 valence electrons. The summed E-state index contributed by atoms with van der Waals surface area (Å²) in [6, 6.07) is 7.89. The average molecular weight is 190 g/mol. The Hall–Kier alpha value is -1.11. The molecule has 0 unspecified atom stereocenters. The molecule has 0 aliphatic carbocycles. The molecule has 0 fully saturated rings. The Morgan fingerprint density at radius 2 is 1.79 bits per heavy atom. The third-order valence-corrected chi connectivity index (χ3v) is 2.70. The van der Waals surface area contributed by atoms with Crippen LogP contribution in [0.5, 0.6) is 0 Å². The SMILES string of the molecule is CCCC(C)(C)c1ccc(C=O)cc1. The molecule has 0 aliphatic heterocycles. The van der Waals surface area contributed by atoms with Gasteiger partial charge in [-0.2, -0.15) is 0 Å². The monoisotopic (exact) mass is 190 g/mol. The molecular formula is C13H18O. The molecule has 1 heteroatoms. The molecule has 0 radical (unpaired) electrons. The molecule has 0 heterocycles. The van der Waals surface area contributed by atoms with Crippen LogP contribution in [0.4, 0.5) is 0 Å². The van der Waals surface area contributed by atoms with Gasteiger partial charge in [-0.25, -0.2) is 0 Å². The van der Waals surface area contributed by atoms with E-state index in [-0.39, 0.29) is 5.41 Å². The predicted octanol–water partition coefficient (Wildman–Crippen LogP) is 3.58. The van der Waals surface area contributed by atoms with E-state index in [0.29, 0.717) is 0 Å². The summed E-state index contributed by atoms with van der Waals surface area (Å²) in [5.74, 6) is 0. The molecular weight excluding hydrogens is 172 g/mol. The Labute approximate surface area is 86.1 Å². The van der Waals surface area contributed by atoms with Gasteiger partial charge in [0.1, 0.15) is 6.29 Å². The van der Waals surface area contributed by atoms with Crippen molar-refractivity contribution in [1.29, 1.82) is 0 Å². The lowest BCUT2D eigenvalue weighted by atomic mass is 9.80. The highest BCUT2D eigenvalue weighted by molar-refractivity contribution is 5.74. The first-order chi connectivity index (χ1) is 6.60. The minimum atomic E-state index is 0.218. The van der Waals surface area contributed by atoms with E-state index in [1.807, 2.05) is 12.1 Å². The molecule has 0 amide bonds. The summed E-state index contributed by atoms with van der Waals surface area (Å²) in [6.07, 6.45) is 3.24.